The Morgan fingerprint density at radius 3 is 2.94 bits per heavy atom. The van der Waals surface area contributed by atoms with Gasteiger partial charge in [-0.05, 0) is 25.5 Å². The number of aryl methyl sites for hydroxylation is 1. The first-order chi connectivity index (χ1) is 7.76. The van der Waals surface area contributed by atoms with Gasteiger partial charge < -0.3 is 10.6 Å². The number of hydrogen-bond donors (Lipinski definition) is 1. The molecule has 0 fully saturated rings. The van der Waals surface area contributed by atoms with Crippen molar-refractivity contribution < 1.29 is 0 Å². The highest BCUT2D eigenvalue weighted by Crippen LogP contribution is 2.12. The summed E-state index contributed by atoms with van der Waals surface area (Å²) in [5, 5.41) is 4.44. The first-order valence-electron chi connectivity index (χ1n) is 5.53. The van der Waals surface area contributed by atoms with Gasteiger partial charge in [-0.2, -0.15) is 4.98 Å². The molecule has 0 aromatic carbocycles. The Kier molecular flexibility index (Phi) is 3.05. The summed E-state index contributed by atoms with van der Waals surface area (Å²) in [6.07, 6.45) is 1.91. The van der Waals surface area contributed by atoms with Gasteiger partial charge in [0, 0.05) is 25.8 Å². The molecule has 0 radical (unpaired) electrons. The van der Waals surface area contributed by atoms with Crippen molar-refractivity contribution in [3.8, 4) is 0 Å². The molecule has 0 aliphatic carbocycles. The Bertz CT molecular complexity index is 476. The van der Waals surface area contributed by atoms with Crippen molar-refractivity contribution in [1.29, 1.82) is 0 Å². The minimum Gasteiger partial charge on any atom is -0.339 e. The smallest absolute Gasteiger partial charge is 0.245 e. The number of fused-ring (bicyclic) bond motifs is 1. The first-order valence-corrected chi connectivity index (χ1v) is 5.53. The van der Waals surface area contributed by atoms with Gasteiger partial charge in [0.2, 0.25) is 5.95 Å². The number of hydrogen-bond acceptors (Lipinski definition) is 4. The summed E-state index contributed by atoms with van der Waals surface area (Å²) in [5.74, 6) is 0.752. The molecule has 2 rings (SSSR count). The highest BCUT2D eigenvalue weighted by molar-refractivity contribution is 5.50. The predicted molar refractivity (Wildman–Crippen MR) is 64.7 cm³/mol. The van der Waals surface area contributed by atoms with Crippen LogP contribution in [0.25, 0.3) is 5.65 Å². The summed E-state index contributed by atoms with van der Waals surface area (Å²) >= 11 is 0. The highest BCUT2D eigenvalue weighted by atomic mass is 15.4. The van der Waals surface area contributed by atoms with Gasteiger partial charge in [-0.25, -0.2) is 4.52 Å². The lowest BCUT2D eigenvalue weighted by Gasteiger charge is -2.16. The average molecular weight is 219 g/mol. The predicted octanol–water partition coefficient (Wildman–Crippen LogP) is 0.823. The van der Waals surface area contributed by atoms with Crippen molar-refractivity contribution in [3.63, 3.8) is 0 Å². The maximum atomic E-state index is 5.56. The van der Waals surface area contributed by atoms with Gasteiger partial charge in [-0.3, -0.25) is 0 Å². The lowest BCUT2D eigenvalue weighted by atomic mass is 10.3. The van der Waals surface area contributed by atoms with E-state index in [1.54, 1.807) is 0 Å². The molecule has 2 aromatic rings. The maximum Gasteiger partial charge on any atom is 0.245 e. The largest absolute Gasteiger partial charge is 0.339 e. The quantitative estimate of drug-likeness (QED) is 0.827. The molecule has 0 aliphatic rings. The number of aromatic nitrogens is 3. The second-order valence-electron chi connectivity index (χ2n) is 3.74. The molecular weight excluding hydrogens is 202 g/mol. The monoisotopic (exact) mass is 219 g/mol. The van der Waals surface area contributed by atoms with Crippen LogP contribution in [-0.4, -0.2) is 34.2 Å². The van der Waals surface area contributed by atoms with Gasteiger partial charge in [-0.15, -0.1) is 5.10 Å². The van der Waals surface area contributed by atoms with E-state index in [9.17, 15) is 0 Å². The van der Waals surface area contributed by atoms with Gasteiger partial charge >= 0.3 is 0 Å². The van der Waals surface area contributed by atoms with Crippen LogP contribution in [0.4, 0.5) is 5.95 Å². The van der Waals surface area contributed by atoms with Crippen LogP contribution < -0.4 is 10.6 Å². The molecule has 0 spiro atoms. The van der Waals surface area contributed by atoms with Crippen LogP contribution in [0.2, 0.25) is 0 Å². The SMILES string of the molecule is CCN(CCN)c1nc2c(C)cccn2n1. The molecule has 0 saturated heterocycles. The Hall–Kier alpha value is -1.62. The van der Waals surface area contributed by atoms with Crippen LogP contribution >= 0.6 is 0 Å². The zero-order valence-electron chi connectivity index (χ0n) is 9.72. The number of anilines is 1. The molecule has 0 bridgehead atoms. The number of rotatable bonds is 4. The van der Waals surface area contributed by atoms with E-state index in [0.29, 0.717) is 6.54 Å². The third-order valence-electron chi connectivity index (χ3n) is 2.61. The minimum atomic E-state index is 0.613. The topological polar surface area (TPSA) is 59.5 Å². The van der Waals surface area contributed by atoms with E-state index in [4.69, 9.17) is 5.73 Å². The third kappa shape index (κ3) is 1.86. The number of nitrogens with zero attached hydrogens (tertiary/aromatic N) is 4. The number of likely N-dealkylation sites (N-methyl/N-ethyl adjacent to an activating group) is 1. The highest BCUT2D eigenvalue weighted by Gasteiger charge is 2.10. The minimum absolute atomic E-state index is 0.613. The maximum absolute atomic E-state index is 5.56. The summed E-state index contributed by atoms with van der Waals surface area (Å²) in [6, 6.07) is 4.01. The Morgan fingerprint density at radius 2 is 2.31 bits per heavy atom. The summed E-state index contributed by atoms with van der Waals surface area (Å²) in [7, 11) is 0. The van der Waals surface area contributed by atoms with Crippen molar-refractivity contribution in [2.75, 3.05) is 24.5 Å². The summed E-state index contributed by atoms with van der Waals surface area (Å²) in [5.41, 5.74) is 7.60. The van der Waals surface area contributed by atoms with Crippen LogP contribution in [0.15, 0.2) is 18.3 Å². The van der Waals surface area contributed by atoms with Crippen LogP contribution in [0.1, 0.15) is 12.5 Å². The van der Waals surface area contributed by atoms with Crippen molar-refractivity contribution in [3.05, 3.63) is 23.9 Å². The van der Waals surface area contributed by atoms with E-state index >= 15 is 0 Å². The molecule has 86 valence electrons. The Balaban J connectivity index is 2.42. The molecule has 0 amide bonds. The first kappa shape index (κ1) is 10.9. The fourth-order valence-electron chi connectivity index (χ4n) is 1.72. The molecule has 5 heteroatoms. The van der Waals surface area contributed by atoms with Gasteiger partial charge in [-0.1, -0.05) is 6.07 Å². The van der Waals surface area contributed by atoms with Gasteiger partial charge in [0.05, 0.1) is 0 Å². The van der Waals surface area contributed by atoms with E-state index in [0.717, 1.165) is 30.2 Å². The zero-order chi connectivity index (χ0) is 11.5. The molecule has 0 atom stereocenters. The molecular formula is C11H17N5. The second kappa shape index (κ2) is 4.49. The summed E-state index contributed by atoms with van der Waals surface area (Å²) in [4.78, 5) is 6.60. The molecule has 0 aliphatic heterocycles. The lowest BCUT2D eigenvalue weighted by molar-refractivity contribution is 0.779. The normalized spacial score (nSPS) is 10.9. The molecule has 5 nitrogen and oxygen atoms in total. The van der Waals surface area contributed by atoms with Crippen LogP contribution in [0.5, 0.6) is 0 Å². The van der Waals surface area contributed by atoms with Crippen LogP contribution in [-0.2, 0) is 0 Å². The second-order valence-corrected chi connectivity index (χ2v) is 3.74. The fourth-order valence-corrected chi connectivity index (χ4v) is 1.72. The molecule has 0 unspecified atom stereocenters. The Labute approximate surface area is 94.9 Å². The lowest BCUT2D eigenvalue weighted by Crippen LogP contribution is -2.30. The van der Waals surface area contributed by atoms with Crippen molar-refractivity contribution >= 4 is 11.6 Å². The van der Waals surface area contributed by atoms with Crippen molar-refractivity contribution in [2.45, 2.75) is 13.8 Å². The molecule has 2 aromatic heterocycles. The van der Waals surface area contributed by atoms with Crippen LogP contribution in [0.3, 0.4) is 0 Å². The molecule has 2 N–H and O–H groups in total. The molecule has 2 heterocycles. The molecule has 0 saturated carbocycles. The van der Waals surface area contributed by atoms with Crippen molar-refractivity contribution in [2.24, 2.45) is 5.73 Å². The van der Waals surface area contributed by atoms with Gasteiger partial charge in [0.25, 0.3) is 0 Å². The Morgan fingerprint density at radius 1 is 1.50 bits per heavy atom. The van der Waals surface area contributed by atoms with Crippen molar-refractivity contribution in [1.82, 2.24) is 14.6 Å². The van der Waals surface area contributed by atoms with Gasteiger partial charge in [0.1, 0.15) is 0 Å². The fraction of sp³-hybridized carbons (Fsp3) is 0.455. The summed E-state index contributed by atoms with van der Waals surface area (Å²) in [6.45, 7) is 6.38. The number of nitrogens with two attached hydrogens (primary N) is 1. The van der Waals surface area contributed by atoms with E-state index < -0.39 is 0 Å². The van der Waals surface area contributed by atoms with E-state index in [1.807, 2.05) is 29.8 Å². The van der Waals surface area contributed by atoms with E-state index in [2.05, 4.69) is 21.9 Å². The summed E-state index contributed by atoms with van der Waals surface area (Å²) < 4.78 is 1.81. The molecule has 16 heavy (non-hydrogen) atoms. The zero-order valence-corrected chi connectivity index (χ0v) is 9.72. The number of pyridine rings is 1. The van der Waals surface area contributed by atoms with E-state index in [1.165, 1.54) is 0 Å². The van der Waals surface area contributed by atoms with E-state index in [-0.39, 0.29) is 0 Å². The standard InChI is InChI=1S/C11H17N5/c1-3-15(8-6-12)11-13-10-9(2)5-4-7-16(10)14-11/h4-5,7H,3,6,8,12H2,1-2H3. The average Bonchev–Trinajstić information content (AvgIpc) is 2.71. The third-order valence-corrected chi connectivity index (χ3v) is 2.61. The van der Waals surface area contributed by atoms with Gasteiger partial charge in [0.15, 0.2) is 5.65 Å². The van der Waals surface area contributed by atoms with Crippen LogP contribution in [0, 0.1) is 6.92 Å².